The zero-order valence-electron chi connectivity index (χ0n) is 20.3. The van der Waals surface area contributed by atoms with Crippen molar-refractivity contribution in [2.75, 3.05) is 12.4 Å². The van der Waals surface area contributed by atoms with Crippen LogP contribution >= 0.6 is 11.8 Å². The number of nitrogens with one attached hydrogen (secondary N) is 1. The number of aryl methyl sites for hydroxylation is 1. The number of amidine groups is 1. The van der Waals surface area contributed by atoms with Gasteiger partial charge in [0.25, 0.3) is 5.91 Å². The summed E-state index contributed by atoms with van der Waals surface area (Å²) >= 11 is 1.22. The summed E-state index contributed by atoms with van der Waals surface area (Å²) in [5, 5.41) is 9.07. The summed E-state index contributed by atoms with van der Waals surface area (Å²) in [6.07, 6.45) is 0.552. The molecule has 0 saturated carbocycles. The standard InChI is InChI=1S/C28H25FN4O3S/c1-17-6-8-18(9-7-17)23-15-24(19-10-12-22(36-2)13-11-19)33(32-23)28-31-27(35)25(37-28)16-26(34)30-21-5-3-4-20(29)14-21/h3-14,24-25H,15-16H2,1-2H3,(H,30,34)/t24-,25-/m1/s1. The average Bonchev–Trinajstić information content (AvgIpc) is 3.48. The van der Waals surface area contributed by atoms with Gasteiger partial charge in [-0.15, -0.1) is 0 Å². The SMILES string of the molecule is COc1ccc([C@H]2CC(c3ccc(C)cc3)=NN2C2=NC(=O)[C@@H](CC(=O)Nc3cccc(F)c3)S2)cc1. The molecule has 0 radical (unpaired) electrons. The van der Waals surface area contributed by atoms with E-state index in [0.717, 1.165) is 28.2 Å². The number of aliphatic imine (C=N–C) groups is 1. The highest BCUT2D eigenvalue weighted by molar-refractivity contribution is 8.15. The topological polar surface area (TPSA) is 83.4 Å². The summed E-state index contributed by atoms with van der Waals surface area (Å²) in [5.74, 6) is -0.470. The van der Waals surface area contributed by atoms with Crippen molar-refractivity contribution in [3.63, 3.8) is 0 Å². The van der Waals surface area contributed by atoms with Gasteiger partial charge in [0.1, 0.15) is 16.8 Å². The van der Waals surface area contributed by atoms with Crippen molar-refractivity contribution in [3.8, 4) is 5.75 Å². The maximum absolute atomic E-state index is 13.4. The molecule has 0 bridgehead atoms. The van der Waals surface area contributed by atoms with Gasteiger partial charge in [-0.25, -0.2) is 9.40 Å². The first-order chi connectivity index (χ1) is 17.9. The number of anilines is 1. The molecule has 7 nitrogen and oxygen atoms in total. The van der Waals surface area contributed by atoms with Crippen LogP contribution in [0.1, 0.15) is 35.6 Å². The molecular formula is C28H25FN4O3S. The Balaban J connectivity index is 1.35. The average molecular weight is 517 g/mol. The normalized spacial score (nSPS) is 19.0. The van der Waals surface area contributed by atoms with E-state index in [1.807, 2.05) is 55.5 Å². The van der Waals surface area contributed by atoms with E-state index in [1.54, 1.807) is 18.2 Å². The number of thioether (sulfide) groups is 1. The summed E-state index contributed by atoms with van der Waals surface area (Å²) < 4.78 is 18.7. The molecule has 3 aromatic carbocycles. The molecule has 0 aromatic heterocycles. The number of carbonyl (C=O) groups excluding carboxylic acids is 2. The van der Waals surface area contributed by atoms with E-state index < -0.39 is 11.1 Å². The lowest BCUT2D eigenvalue weighted by atomic mass is 9.98. The fraction of sp³-hybridized carbons (Fsp3) is 0.214. The van der Waals surface area contributed by atoms with Gasteiger partial charge in [-0.1, -0.05) is 59.8 Å². The van der Waals surface area contributed by atoms with Crippen LogP contribution in [0.2, 0.25) is 0 Å². The Labute approximate surface area is 218 Å². The van der Waals surface area contributed by atoms with Crippen LogP contribution in [0, 0.1) is 12.7 Å². The number of hydrazone groups is 1. The molecule has 3 aromatic rings. The monoisotopic (exact) mass is 516 g/mol. The largest absolute Gasteiger partial charge is 0.497 e. The minimum absolute atomic E-state index is 0.0808. The van der Waals surface area contributed by atoms with Crippen molar-refractivity contribution in [1.29, 1.82) is 0 Å². The predicted molar refractivity (Wildman–Crippen MR) is 143 cm³/mol. The minimum Gasteiger partial charge on any atom is -0.497 e. The minimum atomic E-state index is -0.682. The van der Waals surface area contributed by atoms with Crippen LogP contribution in [0.3, 0.4) is 0 Å². The molecule has 2 heterocycles. The number of nitrogens with zero attached hydrogens (tertiary/aromatic N) is 3. The first-order valence-corrected chi connectivity index (χ1v) is 12.7. The molecule has 5 rings (SSSR count). The lowest BCUT2D eigenvalue weighted by Gasteiger charge is -2.23. The van der Waals surface area contributed by atoms with Crippen molar-refractivity contribution >= 4 is 40.1 Å². The van der Waals surface area contributed by atoms with Crippen LogP contribution in [0.25, 0.3) is 0 Å². The fourth-order valence-electron chi connectivity index (χ4n) is 4.24. The third-order valence-electron chi connectivity index (χ3n) is 6.20. The van der Waals surface area contributed by atoms with Crippen LogP contribution in [0.4, 0.5) is 10.1 Å². The van der Waals surface area contributed by atoms with E-state index >= 15 is 0 Å². The number of amides is 2. The summed E-state index contributed by atoms with van der Waals surface area (Å²) in [7, 11) is 1.62. The van der Waals surface area contributed by atoms with Crippen LogP contribution in [-0.2, 0) is 9.59 Å². The maximum atomic E-state index is 13.4. The third kappa shape index (κ3) is 5.56. The second kappa shape index (κ2) is 10.6. The van der Waals surface area contributed by atoms with Crippen LogP contribution in [0.5, 0.6) is 5.75 Å². The highest BCUT2D eigenvalue weighted by atomic mass is 32.2. The van der Waals surface area contributed by atoms with Crippen molar-refractivity contribution in [2.24, 2.45) is 10.1 Å². The van der Waals surface area contributed by atoms with Gasteiger partial charge in [-0.3, -0.25) is 9.59 Å². The Morgan fingerprint density at radius 1 is 1.14 bits per heavy atom. The van der Waals surface area contributed by atoms with E-state index in [0.29, 0.717) is 17.3 Å². The first kappa shape index (κ1) is 24.7. The Kier molecular flexibility index (Phi) is 7.05. The van der Waals surface area contributed by atoms with Crippen molar-refractivity contribution in [2.45, 2.75) is 31.1 Å². The van der Waals surface area contributed by atoms with Crippen molar-refractivity contribution in [1.82, 2.24) is 5.01 Å². The number of methoxy groups -OCH3 is 1. The predicted octanol–water partition coefficient (Wildman–Crippen LogP) is 5.32. The molecule has 2 aliphatic heterocycles. The number of ether oxygens (including phenoxy) is 1. The van der Waals surface area contributed by atoms with Gasteiger partial charge < -0.3 is 10.1 Å². The van der Waals surface area contributed by atoms with Gasteiger partial charge in [-0.2, -0.15) is 10.1 Å². The summed E-state index contributed by atoms with van der Waals surface area (Å²) in [4.78, 5) is 29.6. The van der Waals surface area contributed by atoms with Gasteiger partial charge >= 0.3 is 0 Å². The lowest BCUT2D eigenvalue weighted by Crippen LogP contribution is -2.25. The molecule has 2 atom stereocenters. The smallest absolute Gasteiger partial charge is 0.262 e. The molecule has 2 aliphatic rings. The highest BCUT2D eigenvalue weighted by Crippen LogP contribution is 2.39. The van der Waals surface area contributed by atoms with Gasteiger partial charge in [-0.05, 0) is 48.4 Å². The highest BCUT2D eigenvalue weighted by Gasteiger charge is 2.39. The molecule has 188 valence electrons. The molecule has 0 spiro atoms. The zero-order valence-corrected chi connectivity index (χ0v) is 21.2. The summed E-state index contributed by atoms with van der Waals surface area (Å²) in [5.41, 5.74) is 4.41. The number of rotatable bonds is 6. The summed E-state index contributed by atoms with van der Waals surface area (Å²) in [6, 6.07) is 21.4. The number of hydrogen-bond donors (Lipinski definition) is 1. The second-order valence-electron chi connectivity index (χ2n) is 8.85. The third-order valence-corrected chi connectivity index (χ3v) is 7.34. The fourth-order valence-corrected chi connectivity index (χ4v) is 5.31. The maximum Gasteiger partial charge on any atom is 0.262 e. The molecule has 1 N–H and O–H groups in total. The molecule has 0 saturated heterocycles. The van der Waals surface area contributed by atoms with Crippen LogP contribution < -0.4 is 10.1 Å². The Hall–Kier alpha value is -3.98. The number of hydrogen-bond acceptors (Lipinski definition) is 6. The van der Waals surface area contributed by atoms with Gasteiger partial charge in [0.2, 0.25) is 5.91 Å². The van der Waals surface area contributed by atoms with Crippen LogP contribution in [0.15, 0.2) is 82.9 Å². The van der Waals surface area contributed by atoms with E-state index in [4.69, 9.17) is 9.84 Å². The molecule has 9 heteroatoms. The Morgan fingerprint density at radius 3 is 2.59 bits per heavy atom. The van der Waals surface area contributed by atoms with E-state index in [-0.39, 0.29) is 24.3 Å². The summed E-state index contributed by atoms with van der Waals surface area (Å²) in [6.45, 7) is 2.03. The van der Waals surface area contributed by atoms with Gasteiger partial charge in [0, 0.05) is 18.5 Å². The van der Waals surface area contributed by atoms with Gasteiger partial charge in [0.15, 0.2) is 5.17 Å². The number of carbonyl (C=O) groups is 2. The van der Waals surface area contributed by atoms with E-state index in [2.05, 4.69) is 10.3 Å². The molecule has 37 heavy (non-hydrogen) atoms. The van der Waals surface area contributed by atoms with Crippen LogP contribution in [-0.4, -0.2) is 40.1 Å². The quantitative estimate of drug-likeness (QED) is 0.480. The molecule has 2 amide bonds. The van der Waals surface area contributed by atoms with Gasteiger partial charge in [0.05, 0.1) is 18.9 Å². The Bertz CT molecular complexity index is 1390. The first-order valence-electron chi connectivity index (χ1n) is 11.8. The molecule has 0 fully saturated rings. The second-order valence-corrected chi connectivity index (χ2v) is 10.0. The molecular weight excluding hydrogens is 491 g/mol. The zero-order chi connectivity index (χ0) is 25.9. The van der Waals surface area contributed by atoms with Crippen molar-refractivity contribution < 1.29 is 18.7 Å². The number of benzene rings is 3. The van der Waals surface area contributed by atoms with E-state index in [9.17, 15) is 14.0 Å². The lowest BCUT2D eigenvalue weighted by molar-refractivity contribution is -0.121. The molecule has 0 unspecified atom stereocenters. The van der Waals surface area contributed by atoms with E-state index in [1.165, 1.54) is 30.0 Å². The molecule has 0 aliphatic carbocycles. The van der Waals surface area contributed by atoms with Crippen molar-refractivity contribution in [3.05, 3.63) is 95.3 Å². The Morgan fingerprint density at radius 2 is 1.89 bits per heavy atom. The number of halogens is 1.